The number of aryl methyl sites for hydroxylation is 1. The first-order chi connectivity index (χ1) is 7.83. The molecule has 1 aromatic heterocycles. The fraction of sp³-hybridized carbons (Fsp3) is 0.750. The summed E-state index contributed by atoms with van der Waals surface area (Å²) in [5, 5.41) is 10.6. The standard InChI is InChI=1S/C12H18N2OS/c15-12-5-1-4-11-13-9(8-14(11)12)7-10-3-2-6-16-10/h8,10,12,15H,1-7H2. The second-order valence-corrected chi connectivity index (χ2v) is 6.18. The highest BCUT2D eigenvalue weighted by Gasteiger charge is 2.22. The molecule has 0 radical (unpaired) electrons. The first kappa shape index (κ1) is 10.7. The molecule has 0 aromatic carbocycles. The van der Waals surface area contributed by atoms with Crippen LogP contribution < -0.4 is 0 Å². The topological polar surface area (TPSA) is 38.1 Å². The highest BCUT2D eigenvalue weighted by atomic mass is 32.2. The first-order valence-electron chi connectivity index (χ1n) is 6.19. The third-order valence-corrected chi connectivity index (χ3v) is 4.90. The summed E-state index contributed by atoms with van der Waals surface area (Å²) in [5.41, 5.74) is 1.18. The van der Waals surface area contributed by atoms with Gasteiger partial charge in [0.25, 0.3) is 0 Å². The fourth-order valence-electron chi connectivity index (χ4n) is 2.65. The molecule has 1 N–H and O–H groups in total. The molecule has 1 fully saturated rings. The largest absolute Gasteiger partial charge is 0.373 e. The Hall–Kier alpha value is -0.480. The van der Waals surface area contributed by atoms with E-state index in [0.717, 1.165) is 36.8 Å². The van der Waals surface area contributed by atoms with Gasteiger partial charge in [0.1, 0.15) is 12.1 Å². The molecular weight excluding hydrogens is 220 g/mol. The van der Waals surface area contributed by atoms with Crippen molar-refractivity contribution in [2.24, 2.45) is 0 Å². The molecule has 0 saturated carbocycles. The molecular formula is C12H18N2OS. The van der Waals surface area contributed by atoms with Gasteiger partial charge in [-0.15, -0.1) is 0 Å². The molecule has 3 nitrogen and oxygen atoms in total. The predicted molar refractivity (Wildman–Crippen MR) is 65.6 cm³/mol. The van der Waals surface area contributed by atoms with E-state index in [-0.39, 0.29) is 6.23 Å². The van der Waals surface area contributed by atoms with Crippen molar-refractivity contribution in [3.05, 3.63) is 17.7 Å². The second-order valence-electron chi connectivity index (χ2n) is 4.77. The van der Waals surface area contributed by atoms with Crippen molar-refractivity contribution in [2.45, 2.75) is 50.0 Å². The summed E-state index contributed by atoms with van der Waals surface area (Å²) < 4.78 is 1.97. The summed E-state index contributed by atoms with van der Waals surface area (Å²) in [4.78, 5) is 4.65. The van der Waals surface area contributed by atoms with Crippen LogP contribution in [0.5, 0.6) is 0 Å². The summed E-state index contributed by atoms with van der Waals surface area (Å²) in [7, 11) is 0. The van der Waals surface area contributed by atoms with Crippen molar-refractivity contribution in [3.8, 4) is 0 Å². The number of rotatable bonds is 2. The molecule has 2 aliphatic heterocycles. The molecule has 4 heteroatoms. The van der Waals surface area contributed by atoms with Crippen molar-refractivity contribution in [1.29, 1.82) is 0 Å². The number of fused-ring (bicyclic) bond motifs is 1. The molecule has 2 aliphatic rings. The van der Waals surface area contributed by atoms with E-state index in [4.69, 9.17) is 0 Å². The van der Waals surface area contributed by atoms with Gasteiger partial charge >= 0.3 is 0 Å². The van der Waals surface area contributed by atoms with Crippen molar-refractivity contribution in [2.75, 3.05) is 5.75 Å². The first-order valence-corrected chi connectivity index (χ1v) is 7.24. The molecule has 3 rings (SSSR count). The zero-order chi connectivity index (χ0) is 11.0. The Morgan fingerprint density at radius 3 is 3.12 bits per heavy atom. The molecule has 2 unspecified atom stereocenters. The van der Waals surface area contributed by atoms with E-state index >= 15 is 0 Å². The zero-order valence-electron chi connectivity index (χ0n) is 9.43. The molecule has 3 heterocycles. The van der Waals surface area contributed by atoms with E-state index < -0.39 is 0 Å². The van der Waals surface area contributed by atoms with Crippen LogP contribution in [-0.4, -0.2) is 25.7 Å². The molecule has 2 atom stereocenters. The third-order valence-electron chi connectivity index (χ3n) is 3.50. The Kier molecular flexibility index (Phi) is 2.94. The maximum atomic E-state index is 9.85. The number of thioether (sulfide) groups is 1. The van der Waals surface area contributed by atoms with Crippen LogP contribution in [0.1, 0.15) is 43.4 Å². The SMILES string of the molecule is OC1CCCc2nc(CC3CCCS3)cn21. The van der Waals surface area contributed by atoms with Crippen LogP contribution in [0, 0.1) is 0 Å². The lowest BCUT2D eigenvalue weighted by Gasteiger charge is -2.19. The minimum absolute atomic E-state index is 0.332. The summed E-state index contributed by atoms with van der Waals surface area (Å²) in [6, 6.07) is 0. The lowest BCUT2D eigenvalue weighted by molar-refractivity contribution is 0.0780. The summed E-state index contributed by atoms with van der Waals surface area (Å²) in [5.74, 6) is 2.39. The van der Waals surface area contributed by atoms with Crippen LogP contribution in [0.4, 0.5) is 0 Å². The smallest absolute Gasteiger partial charge is 0.131 e. The van der Waals surface area contributed by atoms with Crippen LogP contribution in [0.25, 0.3) is 0 Å². The minimum Gasteiger partial charge on any atom is -0.373 e. The van der Waals surface area contributed by atoms with Gasteiger partial charge in [0.2, 0.25) is 0 Å². The molecule has 1 saturated heterocycles. The Morgan fingerprint density at radius 1 is 1.44 bits per heavy atom. The number of hydrogen-bond donors (Lipinski definition) is 1. The van der Waals surface area contributed by atoms with E-state index in [2.05, 4.69) is 22.9 Å². The molecule has 1 aromatic rings. The lowest BCUT2D eigenvalue weighted by Crippen LogP contribution is -2.16. The number of aliphatic hydroxyl groups excluding tert-OH is 1. The van der Waals surface area contributed by atoms with Gasteiger partial charge in [0, 0.05) is 24.3 Å². The van der Waals surface area contributed by atoms with Gasteiger partial charge in [0.05, 0.1) is 5.69 Å². The van der Waals surface area contributed by atoms with Crippen molar-refractivity contribution in [3.63, 3.8) is 0 Å². The quantitative estimate of drug-likeness (QED) is 0.858. The van der Waals surface area contributed by atoms with Gasteiger partial charge in [-0.1, -0.05) is 0 Å². The average molecular weight is 238 g/mol. The minimum atomic E-state index is -0.332. The van der Waals surface area contributed by atoms with Gasteiger partial charge < -0.3 is 9.67 Å². The predicted octanol–water partition coefficient (Wildman–Crippen LogP) is 2.15. The van der Waals surface area contributed by atoms with Gasteiger partial charge in [0.15, 0.2) is 0 Å². The van der Waals surface area contributed by atoms with Crippen molar-refractivity contribution in [1.82, 2.24) is 9.55 Å². The number of hydrogen-bond acceptors (Lipinski definition) is 3. The van der Waals surface area contributed by atoms with Crippen LogP contribution >= 0.6 is 11.8 Å². The fourth-order valence-corrected chi connectivity index (χ4v) is 3.94. The van der Waals surface area contributed by atoms with E-state index in [1.165, 1.54) is 24.3 Å². The molecule has 0 amide bonds. The number of nitrogens with zero attached hydrogens (tertiary/aromatic N) is 2. The van der Waals surface area contributed by atoms with Crippen LogP contribution in [-0.2, 0) is 12.8 Å². The van der Waals surface area contributed by atoms with Gasteiger partial charge in [-0.2, -0.15) is 11.8 Å². The van der Waals surface area contributed by atoms with Crippen LogP contribution in [0.2, 0.25) is 0 Å². The van der Waals surface area contributed by atoms with Crippen molar-refractivity contribution >= 4 is 11.8 Å². The van der Waals surface area contributed by atoms with E-state index in [1.54, 1.807) is 0 Å². The molecule has 16 heavy (non-hydrogen) atoms. The van der Waals surface area contributed by atoms with Gasteiger partial charge in [-0.3, -0.25) is 0 Å². The maximum absolute atomic E-state index is 9.85. The Labute approximate surface area is 100 Å². The number of aromatic nitrogens is 2. The Balaban J connectivity index is 1.75. The number of imidazole rings is 1. The van der Waals surface area contributed by atoms with E-state index in [0.29, 0.717) is 0 Å². The highest BCUT2D eigenvalue weighted by Crippen LogP contribution is 2.30. The average Bonchev–Trinajstić information content (AvgIpc) is 2.88. The Morgan fingerprint density at radius 2 is 2.38 bits per heavy atom. The third kappa shape index (κ3) is 2.00. The lowest BCUT2D eigenvalue weighted by atomic mass is 10.1. The second kappa shape index (κ2) is 4.41. The van der Waals surface area contributed by atoms with E-state index in [9.17, 15) is 5.11 Å². The summed E-state index contributed by atoms with van der Waals surface area (Å²) in [6.07, 6.45) is 8.46. The molecule has 0 aliphatic carbocycles. The zero-order valence-corrected chi connectivity index (χ0v) is 10.2. The van der Waals surface area contributed by atoms with Gasteiger partial charge in [-0.05, 0) is 31.4 Å². The normalized spacial score (nSPS) is 29.3. The van der Waals surface area contributed by atoms with Crippen LogP contribution in [0.15, 0.2) is 6.20 Å². The molecule has 88 valence electrons. The monoisotopic (exact) mass is 238 g/mol. The number of aliphatic hydroxyl groups is 1. The summed E-state index contributed by atoms with van der Waals surface area (Å²) in [6.45, 7) is 0. The van der Waals surface area contributed by atoms with Gasteiger partial charge in [-0.25, -0.2) is 4.98 Å². The van der Waals surface area contributed by atoms with Crippen LogP contribution in [0.3, 0.4) is 0 Å². The van der Waals surface area contributed by atoms with E-state index in [1.807, 2.05) is 4.57 Å². The summed E-state index contributed by atoms with van der Waals surface area (Å²) >= 11 is 2.07. The highest BCUT2D eigenvalue weighted by molar-refractivity contribution is 8.00. The molecule has 0 spiro atoms. The molecule has 0 bridgehead atoms. The maximum Gasteiger partial charge on any atom is 0.131 e. The van der Waals surface area contributed by atoms with Crippen molar-refractivity contribution < 1.29 is 5.11 Å². The Bertz CT molecular complexity index is 371.